The zero-order chi connectivity index (χ0) is 14.9. The van der Waals surface area contributed by atoms with Gasteiger partial charge in [0.1, 0.15) is 5.75 Å². The molecule has 5 nitrogen and oxygen atoms in total. The van der Waals surface area contributed by atoms with E-state index in [1.54, 1.807) is 36.9 Å². The fourth-order valence-corrected chi connectivity index (χ4v) is 2.37. The molecule has 0 saturated carbocycles. The van der Waals surface area contributed by atoms with E-state index in [1.807, 2.05) is 6.92 Å². The number of carbonyl (C=O) groups excluding carboxylic acids is 1. The first-order valence-electron chi connectivity index (χ1n) is 6.93. The molecular formula is C15H22N2O3. The molecule has 1 heterocycles. The SMILES string of the molecule is CCCN1C(=O)C(C)(C)Oc2ccc(C(O)CN)cc21. The highest BCUT2D eigenvalue weighted by atomic mass is 16.5. The van der Waals surface area contributed by atoms with Crippen molar-refractivity contribution in [3.63, 3.8) is 0 Å². The molecule has 0 radical (unpaired) electrons. The van der Waals surface area contributed by atoms with E-state index in [0.29, 0.717) is 23.5 Å². The zero-order valence-electron chi connectivity index (χ0n) is 12.2. The number of nitrogens with two attached hydrogens (primary N) is 1. The van der Waals surface area contributed by atoms with E-state index in [2.05, 4.69) is 0 Å². The minimum atomic E-state index is -0.865. The molecule has 1 unspecified atom stereocenters. The maximum Gasteiger partial charge on any atom is 0.270 e. The number of rotatable bonds is 4. The first-order valence-corrected chi connectivity index (χ1v) is 6.93. The maximum atomic E-state index is 12.5. The number of hydrogen-bond donors (Lipinski definition) is 2. The number of carbonyl (C=O) groups is 1. The van der Waals surface area contributed by atoms with Gasteiger partial charge in [0.2, 0.25) is 0 Å². The van der Waals surface area contributed by atoms with E-state index in [1.165, 1.54) is 0 Å². The highest BCUT2D eigenvalue weighted by Gasteiger charge is 2.40. The van der Waals surface area contributed by atoms with Crippen LogP contribution in [-0.2, 0) is 4.79 Å². The number of hydrogen-bond acceptors (Lipinski definition) is 4. The van der Waals surface area contributed by atoms with Crippen molar-refractivity contribution in [3.8, 4) is 5.75 Å². The molecular weight excluding hydrogens is 256 g/mol. The van der Waals surface area contributed by atoms with Gasteiger partial charge >= 0.3 is 0 Å². The average molecular weight is 278 g/mol. The van der Waals surface area contributed by atoms with Crippen molar-refractivity contribution in [2.24, 2.45) is 5.73 Å². The number of aliphatic hydroxyl groups is 1. The van der Waals surface area contributed by atoms with Gasteiger partial charge in [-0.25, -0.2) is 0 Å². The molecule has 110 valence electrons. The average Bonchev–Trinajstić information content (AvgIpc) is 2.42. The molecule has 5 heteroatoms. The van der Waals surface area contributed by atoms with E-state index < -0.39 is 11.7 Å². The van der Waals surface area contributed by atoms with Crippen LogP contribution in [0.25, 0.3) is 0 Å². The predicted molar refractivity (Wildman–Crippen MR) is 77.8 cm³/mol. The summed E-state index contributed by atoms with van der Waals surface area (Å²) in [6, 6.07) is 5.36. The summed E-state index contributed by atoms with van der Waals surface area (Å²) in [6.45, 7) is 6.33. The lowest BCUT2D eigenvalue weighted by molar-refractivity contribution is -0.132. The second-order valence-corrected chi connectivity index (χ2v) is 5.55. The van der Waals surface area contributed by atoms with Crippen molar-refractivity contribution in [3.05, 3.63) is 23.8 Å². The van der Waals surface area contributed by atoms with Crippen molar-refractivity contribution < 1.29 is 14.6 Å². The van der Waals surface area contributed by atoms with Crippen molar-refractivity contribution in [1.82, 2.24) is 0 Å². The molecule has 0 spiro atoms. The summed E-state index contributed by atoms with van der Waals surface area (Å²) < 4.78 is 5.77. The van der Waals surface area contributed by atoms with E-state index in [4.69, 9.17) is 10.5 Å². The third-order valence-corrected chi connectivity index (χ3v) is 3.45. The zero-order valence-corrected chi connectivity index (χ0v) is 12.2. The lowest BCUT2D eigenvalue weighted by atomic mass is 10.0. The second kappa shape index (κ2) is 5.42. The molecule has 1 atom stereocenters. The minimum absolute atomic E-state index is 0.0637. The Bertz CT molecular complexity index is 514. The molecule has 1 aromatic carbocycles. The van der Waals surface area contributed by atoms with Crippen LogP contribution in [-0.4, -0.2) is 29.7 Å². The summed E-state index contributed by atoms with van der Waals surface area (Å²) in [7, 11) is 0. The van der Waals surface area contributed by atoms with Gasteiger partial charge in [0.05, 0.1) is 11.8 Å². The summed E-state index contributed by atoms with van der Waals surface area (Å²) in [6.07, 6.45) is 0.124. The van der Waals surface area contributed by atoms with Gasteiger partial charge in [-0.15, -0.1) is 0 Å². The molecule has 0 aliphatic carbocycles. The van der Waals surface area contributed by atoms with Crippen LogP contribution in [0.5, 0.6) is 5.75 Å². The third-order valence-electron chi connectivity index (χ3n) is 3.45. The number of amides is 1. The van der Waals surface area contributed by atoms with Gasteiger partial charge in [-0.05, 0) is 38.0 Å². The lowest BCUT2D eigenvalue weighted by Crippen LogP contribution is -2.52. The Labute approximate surface area is 119 Å². The van der Waals surface area contributed by atoms with Gasteiger partial charge in [0.25, 0.3) is 5.91 Å². The Morgan fingerprint density at radius 1 is 1.45 bits per heavy atom. The van der Waals surface area contributed by atoms with Crippen LogP contribution in [0.2, 0.25) is 0 Å². The fraction of sp³-hybridized carbons (Fsp3) is 0.533. The van der Waals surface area contributed by atoms with Gasteiger partial charge < -0.3 is 20.5 Å². The minimum Gasteiger partial charge on any atom is -0.476 e. The normalized spacial score (nSPS) is 18.4. The molecule has 0 bridgehead atoms. The first-order chi connectivity index (χ1) is 9.40. The number of aliphatic hydroxyl groups excluding tert-OH is 1. The molecule has 2 rings (SSSR count). The van der Waals surface area contributed by atoms with Crippen molar-refractivity contribution in [2.45, 2.75) is 38.9 Å². The number of ether oxygens (including phenoxy) is 1. The Morgan fingerprint density at radius 2 is 2.15 bits per heavy atom. The Morgan fingerprint density at radius 3 is 2.75 bits per heavy atom. The predicted octanol–water partition coefficient (Wildman–Crippen LogP) is 1.59. The molecule has 0 aromatic heterocycles. The summed E-state index contributed by atoms with van der Waals surface area (Å²) in [5.41, 5.74) is 6.02. The van der Waals surface area contributed by atoms with Gasteiger partial charge in [0.15, 0.2) is 5.60 Å². The van der Waals surface area contributed by atoms with Crippen molar-refractivity contribution in [2.75, 3.05) is 18.0 Å². The smallest absolute Gasteiger partial charge is 0.270 e. The fourth-order valence-electron chi connectivity index (χ4n) is 2.37. The monoisotopic (exact) mass is 278 g/mol. The van der Waals surface area contributed by atoms with Gasteiger partial charge in [-0.1, -0.05) is 13.0 Å². The Kier molecular flexibility index (Phi) is 4.01. The van der Waals surface area contributed by atoms with E-state index >= 15 is 0 Å². The van der Waals surface area contributed by atoms with Crippen LogP contribution >= 0.6 is 0 Å². The van der Waals surface area contributed by atoms with Crippen LogP contribution in [0.15, 0.2) is 18.2 Å². The third kappa shape index (κ3) is 2.51. The second-order valence-electron chi connectivity index (χ2n) is 5.55. The molecule has 0 fully saturated rings. The molecule has 1 aliphatic rings. The van der Waals surface area contributed by atoms with Crippen LogP contribution in [0.1, 0.15) is 38.9 Å². The molecule has 1 amide bonds. The summed E-state index contributed by atoms with van der Waals surface area (Å²) in [5, 5.41) is 9.85. The van der Waals surface area contributed by atoms with Crippen LogP contribution in [0.3, 0.4) is 0 Å². The largest absolute Gasteiger partial charge is 0.476 e. The molecule has 20 heavy (non-hydrogen) atoms. The highest BCUT2D eigenvalue weighted by molar-refractivity contribution is 6.02. The Balaban J connectivity index is 2.48. The van der Waals surface area contributed by atoms with Crippen molar-refractivity contribution >= 4 is 11.6 Å². The summed E-state index contributed by atoms with van der Waals surface area (Å²) in [5.74, 6) is 0.599. The number of nitrogens with zero attached hydrogens (tertiary/aromatic N) is 1. The van der Waals surface area contributed by atoms with E-state index in [9.17, 15) is 9.90 Å². The topological polar surface area (TPSA) is 75.8 Å². The van der Waals surface area contributed by atoms with Gasteiger partial charge in [0, 0.05) is 13.1 Å². The molecule has 0 saturated heterocycles. The quantitative estimate of drug-likeness (QED) is 0.877. The van der Waals surface area contributed by atoms with E-state index in [-0.39, 0.29) is 12.5 Å². The lowest BCUT2D eigenvalue weighted by Gasteiger charge is -2.39. The van der Waals surface area contributed by atoms with Gasteiger partial charge in [-0.2, -0.15) is 0 Å². The Hall–Kier alpha value is -1.59. The van der Waals surface area contributed by atoms with Crippen LogP contribution in [0.4, 0.5) is 5.69 Å². The highest BCUT2D eigenvalue weighted by Crippen LogP contribution is 2.39. The van der Waals surface area contributed by atoms with Crippen LogP contribution < -0.4 is 15.4 Å². The number of anilines is 1. The molecule has 3 N–H and O–H groups in total. The van der Waals surface area contributed by atoms with E-state index in [0.717, 1.165) is 6.42 Å². The van der Waals surface area contributed by atoms with Crippen molar-refractivity contribution in [1.29, 1.82) is 0 Å². The first kappa shape index (κ1) is 14.8. The van der Waals surface area contributed by atoms with Gasteiger partial charge in [-0.3, -0.25) is 4.79 Å². The molecule has 1 aromatic rings. The maximum absolute atomic E-state index is 12.5. The van der Waals surface area contributed by atoms with Crippen LogP contribution in [0, 0.1) is 0 Å². The summed E-state index contributed by atoms with van der Waals surface area (Å²) >= 11 is 0. The summed E-state index contributed by atoms with van der Waals surface area (Å²) in [4.78, 5) is 14.2. The number of benzene rings is 1. The standard InChI is InChI=1S/C15H22N2O3/c1-4-7-17-11-8-10(12(18)9-16)5-6-13(11)20-15(2,3)14(17)19/h5-6,8,12,18H,4,7,9,16H2,1-3H3. The molecule has 1 aliphatic heterocycles. The number of fused-ring (bicyclic) bond motifs is 1.